The molecule has 16 heavy (non-hydrogen) atoms. The maximum atomic E-state index is 11.8. The summed E-state index contributed by atoms with van der Waals surface area (Å²) < 4.78 is 0. The fourth-order valence-corrected chi connectivity index (χ4v) is 3.62. The predicted molar refractivity (Wildman–Crippen MR) is 65.2 cm³/mol. The quantitative estimate of drug-likeness (QED) is 0.707. The van der Waals surface area contributed by atoms with Gasteiger partial charge in [-0.15, -0.1) is 0 Å². The van der Waals surface area contributed by atoms with Crippen molar-refractivity contribution in [3.8, 4) is 0 Å². The van der Waals surface area contributed by atoms with Crippen LogP contribution in [0.4, 0.5) is 0 Å². The number of thioether (sulfide) groups is 1. The molecule has 3 nitrogen and oxygen atoms in total. The zero-order valence-electron chi connectivity index (χ0n) is 9.73. The second-order valence-corrected chi connectivity index (χ2v) is 5.96. The summed E-state index contributed by atoms with van der Waals surface area (Å²) in [6, 6.07) is 0.137. The van der Waals surface area contributed by atoms with Crippen LogP contribution in [-0.4, -0.2) is 33.8 Å². The van der Waals surface area contributed by atoms with E-state index in [0.29, 0.717) is 10.8 Å². The van der Waals surface area contributed by atoms with E-state index in [2.05, 4.69) is 6.92 Å². The number of amides is 2. The van der Waals surface area contributed by atoms with Gasteiger partial charge in [0, 0.05) is 22.9 Å². The zero-order valence-corrected chi connectivity index (χ0v) is 10.5. The lowest BCUT2D eigenvalue weighted by molar-refractivity contribution is -0.139. The van der Waals surface area contributed by atoms with Crippen LogP contribution in [0.5, 0.6) is 0 Å². The maximum absolute atomic E-state index is 11.8. The van der Waals surface area contributed by atoms with Crippen LogP contribution >= 0.6 is 11.8 Å². The van der Waals surface area contributed by atoms with Gasteiger partial charge < -0.3 is 0 Å². The molecule has 88 valence electrons. The summed E-state index contributed by atoms with van der Waals surface area (Å²) in [5.41, 5.74) is 0.580. The fourth-order valence-electron chi connectivity index (χ4n) is 2.49. The van der Waals surface area contributed by atoms with E-state index in [1.54, 1.807) is 6.92 Å². The molecule has 0 aromatic heterocycles. The monoisotopic (exact) mass is 239 g/mol. The minimum Gasteiger partial charge on any atom is -0.272 e. The van der Waals surface area contributed by atoms with E-state index in [-0.39, 0.29) is 17.9 Å². The summed E-state index contributed by atoms with van der Waals surface area (Å²) in [7, 11) is 0. The Morgan fingerprint density at radius 1 is 1.44 bits per heavy atom. The van der Waals surface area contributed by atoms with Crippen LogP contribution in [0.2, 0.25) is 0 Å². The van der Waals surface area contributed by atoms with Gasteiger partial charge in [0.05, 0.1) is 0 Å². The van der Waals surface area contributed by atoms with Crippen molar-refractivity contribution in [2.24, 2.45) is 0 Å². The zero-order chi connectivity index (χ0) is 11.7. The van der Waals surface area contributed by atoms with Gasteiger partial charge in [0.1, 0.15) is 0 Å². The molecule has 1 aliphatic heterocycles. The average Bonchev–Trinajstić information content (AvgIpc) is 2.75. The van der Waals surface area contributed by atoms with Gasteiger partial charge in [-0.3, -0.25) is 14.5 Å². The van der Waals surface area contributed by atoms with Crippen LogP contribution in [-0.2, 0) is 9.59 Å². The van der Waals surface area contributed by atoms with Gasteiger partial charge in [0.25, 0.3) is 11.8 Å². The lowest BCUT2D eigenvalue weighted by atomic mass is 10.2. The van der Waals surface area contributed by atoms with Crippen LogP contribution < -0.4 is 0 Å². The summed E-state index contributed by atoms with van der Waals surface area (Å²) in [4.78, 5) is 24.9. The Balaban J connectivity index is 2.00. The second kappa shape index (κ2) is 4.62. The van der Waals surface area contributed by atoms with E-state index in [0.717, 1.165) is 25.0 Å². The van der Waals surface area contributed by atoms with Gasteiger partial charge in [0.15, 0.2) is 0 Å². The molecule has 0 saturated heterocycles. The molecule has 0 radical (unpaired) electrons. The summed E-state index contributed by atoms with van der Waals surface area (Å²) >= 11 is 1.94. The molecule has 1 aliphatic carbocycles. The minimum atomic E-state index is -0.116. The molecule has 1 fully saturated rings. The molecular formula is C12H17NO2S. The van der Waals surface area contributed by atoms with Crippen molar-refractivity contribution in [3.63, 3.8) is 0 Å². The summed E-state index contributed by atoms with van der Waals surface area (Å²) in [5, 5.41) is 0.622. The van der Waals surface area contributed by atoms with E-state index in [4.69, 9.17) is 0 Å². The molecule has 0 aromatic carbocycles. The Kier molecular flexibility index (Phi) is 3.38. The molecular weight excluding hydrogens is 222 g/mol. The third kappa shape index (κ3) is 2.03. The van der Waals surface area contributed by atoms with Crippen molar-refractivity contribution in [2.75, 3.05) is 5.75 Å². The number of imide groups is 1. The van der Waals surface area contributed by atoms with Crippen molar-refractivity contribution in [1.82, 2.24) is 4.90 Å². The lowest BCUT2D eigenvalue weighted by Gasteiger charge is -2.22. The van der Waals surface area contributed by atoms with E-state index in [1.807, 2.05) is 11.8 Å². The highest BCUT2D eigenvalue weighted by molar-refractivity contribution is 7.99. The van der Waals surface area contributed by atoms with E-state index in [9.17, 15) is 9.59 Å². The van der Waals surface area contributed by atoms with Crippen molar-refractivity contribution >= 4 is 23.6 Å². The van der Waals surface area contributed by atoms with Gasteiger partial charge in [-0.05, 0) is 31.9 Å². The summed E-state index contributed by atoms with van der Waals surface area (Å²) in [6.45, 7) is 3.86. The Morgan fingerprint density at radius 3 is 2.75 bits per heavy atom. The fraction of sp³-hybridized carbons (Fsp3) is 0.667. The highest BCUT2D eigenvalue weighted by Gasteiger charge is 2.38. The van der Waals surface area contributed by atoms with Crippen molar-refractivity contribution in [3.05, 3.63) is 11.6 Å². The van der Waals surface area contributed by atoms with E-state index in [1.165, 1.54) is 11.0 Å². The maximum Gasteiger partial charge on any atom is 0.256 e. The van der Waals surface area contributed by atoms with Gasteiger partial charge in [0.2, 0.25) is 0 Å². The largest absolute Gasteiger partial charge is 0.272 e. The second-order valence-electron chi connectivity index (χ2n) is 4.38. The normalized spacial score (nSPS) is 30.1. The van der Waals surface area contributed by atoms with Crippen molar-refractivity contribution < 1.29 is 9.59 Å². The first-order valence-corrected chi connectivity index (χ1v) is 6.85. The van der Waals surface area contributed by atoms with E-state index < -0.39 is 0 Å². The highest BCUT2D eigenvalue weighted by atomic mass is 32.2. The molecule has 2 atom stereocenters. The van der Waals surface area contributed by atoms with Gasteiger partial charge in [-0.1, -0.05) is 6.92 Å². The molecule has 0 bridgehead atoms. The number of hydrogen-bond donors (Lipinski definition) is 0. The third-order valence-electron chi connectivity index (χ3n) is 3.26. The third-order valence-corrected chi connectivity index (χ3v) is 4.49. The van der Waals surface area contributed by atoms with Gasteiger partial charge in [-0.2, -0.15) is 11.8 Å². The van der Waals surface area contributed by atoms with Gasteiger partial charge in [-0.25, -0.2) is 0 Å². The topological polar surface area (TPSA) is 37.4 Å². The Hall–Kier alpha value is -0.770. The molecule has 2 unspecified atom stereocenters. The highest BCUT2D eigenvalue weighted by Crippen LogP contribution is 2.34. The SMILES string of the molecule is CCSC1CCC(N2C(=O)C=C(C)C2=O)C1. The van der Waals surface area contributed by atoms with Crippen molar-refractivity contribution in [1.29, 1.82) is 0 Å². The number of carbonyl (C=O) groups excluding carboxylic acids is 2. The Morgan fingerprint density at radius 2 is 2.19 bits per heavy atom. The molecule has 1 saturated carbocycles. The van der Waals surface area contributed by atoms with Crippen LogP contribution in [0.3, 0.4) is 0 Å². The Bertz CT molecular complexity index is 351. The molecule has 0 aromatic rings. The van der Waals surface area contributed by atoms with Crippen molar-refractivity contribution in [2.45, 2.75) is 44.4 Å². The summed E-state index contributed by atoms with van der Waals surface area (Å²) in [5.74, 6) is 0.906. The van der Waals surface area contributed by atoms with Crippen LogP contribution in [0.25, 0.3) is 0 Å². The standard InChI is InChI=1S/C12H17NO2S/c1-3-16-10-5-4-9(7-10)13-11(14)6-8(2)12(13)15/h6,9-10H,3-5,7H2,1-2H3. The first-order chi connectivity index (χ1) is 7.63. The van der Waals surface area contributed by atoms with Crippen LogP contribution in [0.15, 0.2) is 11.6 Å². The number of rotatable bonds is 3. The predicted octanol–water partition coefficient (Wildman–Crippen LogP) is 1.98. The molecule has 0 N–H and O–H groups in total. The average molecular weight is 239 g/mol. The Labute approximate surface area is 100 Å². The number of nitrogens with zero attached hydrogens (tertiary/aromatic N) is 1. The molecule has 2 amide bonds. The number of hydrogen-bond acceptors (Lipinski definition) is 3. The summed E-state index contributed by atoms with van der Waals surface area (Å²) in [6.07, 6.45) is 4.52. The van der Waals surface area contributed by atoms with Gasteiger partial charge >= 0.3 is 0 Å². The number of carbonyl (C=O) groups is 2. The lowest BCUT2D eigenvalue weighted by Crippen LogP contribution is -2.39. The molecule has 2 aliphatic rings. The molecule has 1 heterocycles. The van der Waals surface area contributed by atoms with Crippen LogP contribution in [0.1, 0.15) is 33.1 Å². The first kappa shape index (κ1) is 11.7. The van der Waals surface area contributed by atoms with E-state index >= 15 is 0 Å². The molecule has 2 rings (SSSR count). The van der Waals surface area contributed by atoms with Crippen LogP contribution in [0, 0.1) is 0 Å². The molecule has 0 spiro atoms. The molecule has 4 heteroatoms. The minimum absolute atomic E-state index is 0.0860. The first-order valence-electron chi connectivity index (χ1n) is 5.81. The smallest absolute Gasteiger partial charge is 0.256 e.